The van der Waals surface area contributed by atoms with E-state index in [4.69, 9.17) is 0 Å². The van der Waals surface area contributed by atoms with Crippen LogP contribution in [0.25, 0.3) is 11.3 Å². The molecule has 2 N–H and O–H groups in total. The molecule has 0 aliphatic heterocycles. The summed E-state index contributed by atoms with van der Waals surface area (Å²) < 4.78 is 0. The molecule has 3 nitrogen and oxygen atoms in total. The topological polar surface area (TPSA) is 40.7 Å². The first-order valence-electron chi connectivity index (χ1n) is 6.88. The molecule has 0 fully saturated rings. The van der Waals surface area contributed by atoms with E-state index in [9.17, 15) is 0 Å². The molecule has 0 unspecified atom stereocenters. The van der Waals surface area contributed by atoms with Gasteiger partial charge in [0, 0.05) is 17.7 Å². The quantitative estimate of drug-likeness (QED) is 0.861. The molecular weight excluding hydrogens is 234 g/mol. The first-order chi connectivity index (χ1) is 9.08. The Hall–Kier alpha value is -1.61. The summed E-state index contributed by atoms with van der Waals surface area (Å²) in [5, 5.41) is 10.8. The van der Waals surface area contributed by atoms with E-state index >= 15 is 0 Å². The van der Waals surface area contributed by atoms with Gasteiger partial charge in [0.2, 0.25) is 0 Å². The summed E-state index contributed by atoms with van der Waals surface area (Å²) in [6.07, 6.45) is 1.92. The predicted molar refractivity (Wildman–Crippen MR) is 80.0 cm³/mol. The summed E-state index contributed by atoms with van der Waals surface area (Å²) in [6, 6.07) is 6.53. The van der Waals surface area contributed by atoms with Crippen molar-refractivity contribution in [2.24, 2.45) is 5.92 Å². The minimum atomic E-state index is 0.663. The molecule has 1 aromatic heterocycles. The Bertz CT molecular complexity index is 541. The molecule has 0 radical (unpaired) electrons. The highest BCUT2D eigenvalue weighted by molar-refractivity contribution is 5.67. The summed E-state index contributed by atoms with van der Waals surface area (Å²) in [7, 11) is 0. The normalized spacial score (nSPS) is 11.2. The lowest BCUT2D eigenvalue weighted by molar-refractivity contribution is 0.553. The zero-order valence-corrected chi connectivity index (χ0v) is 12.2. The Kier molecular flexibility index (Phi) is 4.38. The van der Waals surface area contributed by atoms with Gasteiger partial charge in [0.25, 0.3) is 0 Å². The summed E-state index contributed by atoms with van der Waals surface area (Å²) in [4.78, 5) is 0. The van der Waals surface area contributed by atoms with Crippen LogP contribution in [0.3, 0.4) is 0 Å². The second-order valence-corrected chi connectivity index (χ2v) is 5.61. The molecule has 0 bridgehead atoms. The van der Waals surface area contributed by atoms with Crippen LogP contribution in [0.1, 0.15) is 30.5 Å². The van der Waals surface area contributed by atoms with Crippen LogP contribution >= 0.6 is 0 Å². The molecule has 1 heterocycles. The highest BCUT2D eigenvalue weighted by Gasteiger charge is 2.10. The molecule has 19 heavy (non-hydrogen) atoms. The van der Waals surface area contributed by atoms with Crippen molar-refractivity contribution in [3.05, 3.63) is 41.1 Å². The molecule has 0 saturated heterocycles. The molecule has 1 aromatic carbocycles. The summed E-state index contributed by atoms with van der Waals surface area (Å²) in [5.41, 5.74) is 6.17. The highest BCUT2D eigenvalue weighted by atomic mass is 15.1. The van der Waals surface area contributed by atoms with Gasteiger partial charge in [-0.1, -0.05) is 31.5 Å². The summed E-state index contributed by atoms with van der Waals surface area (Å²) >= 11 is 0. The van der Waals surface area contributed by atoms with Gasteiger partial charge in [-0.15, -0.1) is 0 Å². The average Bonchev–Trinajstić information content (AvgIpc) is 2.80. The van der Waals surface area contributed by atoms with Crippen LogP contribution in [0.5, 0.6) is 0 Å². The van der Waals surface area contributed by atoms with Gasteiger partial charge in [-0.2, -0.15) is 5.10 Å². The lowest BCUT2D eigenvalue weighted by Gasteiger charge is -2.10. The van der Waals surface area contributed by atoms with Crippen molar-refractivity contribution >= 4 is 0 Å². The summed E-state index contributed by atoms with van der Waals surface area (Å²) in [5.74, 6) is 0.663. The fourth-order valence-electron chi connectivity index (χ4n) is 2.18. The maximum Gasteiger partial charge on any atom is 0.0697 e. The number of aromatic nitrogens is 2. The number of hydrogen-bond acceptors (Lipinski definition) is 2. The van der Waals surface area contributed by atoms with E-state index in [1.165, 1.54) is 22.3 Å². The second-order valence-electron chi connectivity index (χ2n) is 5.61. The number of aromatic amines is 1. The SMILES string of the molecule is Cc1ccc(C)c(-c2[nH]ncc2CNCC(C)C)c1. The molecule has 2 rings (SSSR count). The largest absolute Gasteiger partial charge is 0.312 e. The number of H-pyrrole nitrogens is 1. The van der Waals surface area contributed by atoms with Gasteiger partial charge in [0.15, 0.2) is 0 Å². The van der Waals surface area contributed by atoms with Crippen LogP contribution < -0.4 is 5.32 Å². The van der Waals surface area contributed by atoms with E-state index in [0.29, 0.717) is 5.92 Å². The average molecular weight is 257 g/mol. The Morgan fingerprint density at radius 2 is 2.05 bits per heavy atom. The molecule has 0 aliphatic rings. The zero-order chi connectivity index (χ0) is 13.8. The van der Waals surface area contributed by atoms with Crippen molar-refractivity contribution in [3.8, 4) is 11.3 Å². The van der Waals surface area contributed by atoms with Crippen molar-refractivity contribution < 1.29 is 0 Å². The Balaban J connectivity index is 2.21. The number of nitrogens with zero attached hydrogens (tertiary/aromatic N) is 1. The van der Waals surface area contributed by atoms with Crippen molar-refractivity contribution in [1.29, 1.82) is 0 Å². The third-order valence-electron chi connectivity index (χ3n) is 3.25. The predicted octanol–water partition coefficient (Wildman–Crippen LogP) is 3.44. The van der Waals surface area contributed by atoms with Gasteiger partial charge in [0.1, 0.15) is 0 Å². The second kappa shape index (κ2) is 6.02. The van der Waals surface area contributed by atoms with E-state index in [1.54, 1.807) is 0 Å². The van der Waals surface area contributed by atoms with Gasteiger partial charge in [-0.25, -0.2) is 0 Å². The number of aryl methyl sites for hydroxylation is 2. The van der Waals surface area contributed by atoms with Crippen LogP contribution in [0, 0.1) is 19.8 Å². The van der Waals surface area contributed by atoms with Crippen LogP contribution in [0.2, 0.25) is 0 Å². The lowest BCUT2D eigenvalue weighted by atomic mass is 10.0. The minimum Gasteiger partial charge on any atom is -0.312 e. The van der Waals surface area contributed by atoms with E-state index in [-0.39, 0.29) is 0 Å². The minimum absolute atomic E-state index is 0.663. The van der Waals surface area contributed by atoms with E-state index < -0.39 is 0 Å². The Morgan fingerprint density at radius 3 is 2.79 bits per heavy atom. The van der Waals surface area contributed by atoms with Gasteiger partial charge in [-0.3, -0.25) is 5.10 Å². The monoisotopic (exact) mass is 257 g/mol. The highest BCUT2D eigenvalue weighted by Crippen LogP contribution is 2.25. The summed E-state index contributed by atoms with van der Waals surface area (Å²) in [6.45, 7) is 10.6. The number of nitrogens with one attached hydrogen (secondary N) is 2. The molecule has 0 saturated carbocycles. The van der Waals surface area contributed by atoms with Crippen molar-refractivity contribution in [2.75, 3.05) is 6.54 Å². The Morgan fingerprint density at radius 1 is 1.26 bits per heavy atom. The third-order valence-corrected chi connectivity index (χ3v) is 3.25. The van der Waals surface area contributed by atoms with Crippen molar-refractivity contribution in [3.63, 3.8) is 0 Å². The maximum atomic E-state index is 4.20. The first kappa shape index (κ1) is 13.8. The molecule has 0 aliphatic carbocycles. The number of benzene rings is 1. The first-order valence-corrected chi connectivity index (χ1v) is 6.88. The van der Waals surface area contributed by atoms with Gasteiger partial charge in [0.05, 0.1) is 11.9 Å². The van der Waals surface area contributed by atoms with Gasteiger partial charge >= 0.3 is 0 Å². The molecule has 102 valence electrons. The van der Waals surface area contributed by atoms with Crippen LogP contribution in [-0.4, -0.2) is 16.7 Å². The molecule has 0 atom stereocenters. The molecule has 0 spiro atoms. The molecule has 3 heteroatoms. The van der Waals surface area contributed by atoms with E-state index in [0.717, 1.165) is 18.8 Å². The van der Waals surface area contributed by atoms with Crippen LogP contribution in [0.15, 0.2) is 24.4 Å². The molecular formula is C16H23N3. The maximum absolute atomic E-state index is 4.20. The molecule has 2 aromatic rings. The number of hydrogen-bond donors (Lipinski definition) is 2. The fourth-order valence-corrected chi connectivity index (χ4v) is 2.18. The third kappa shape index (κ3) is 3.44. The molecule has 0 amide bonds. The lowest BCUT2D eigenvalue weighted by Crippen LogP contribution is -2.19. The van der Waals surface area contributed by atoms with Crippen LogP contribution in [0.4, 0.5) is 0 Å². The van der Waals surface area contributed by atoms with E-state index in [2.05, 4.69) is 61.4 Å². The Labute approximate surface area is 115 Å². The van der Waals surface area contributed by atoms with Crippen molar-refractivity contribution in [2.45, 2.75) is 34.2 Å². The van der Waals surface area contributed by atoms with E-state index in [1.807, 2.05) is 6.20 Å². The zero-order valence-electron chi connectivity index (χ0n) is 12.2. The number of rotatable bonds is 5. The van der Waals surface area contributed by atoms with Crippen molar-refractivity contribution in [1.82, 2.24) is 15.5 Å². The van der Waals surface area contributed by atoms with Gasteiger partial charge in [-0.05, 0) is 37.9 Å². The standard InChI is InChI=1S/C16H23N3/c1-11(2)8-17-9-14-10-18-19-16(14)15-7-12(3)5-6-13(15)4/h5-7,10-11,17H,8-9H2,1-4H3,(H,18,19). The van der Waals surface area contributed by atoms with Gasteiger partial charge < -0.3 is 5.32 Å². The van der Waals surface area contributed by atoms with Crippen LogP contribution in [-0.2, 0) is 6.54 Å². The fraction of sp³-hybridized carbons (Fsp3) is 0.438. The smallest absolute Gasteiger partial charge is 0.0697 e.